The largest absolute Gasteiger partial charge is 0.479 e. The Balaban J connectivity index is 1.63. The number of para-hydroxylation sites is 1. The van der Waals surface area contributed by atoms with Gasteiger partial charge in [0.1, 0.15) is 0 Å². The topological polar surface area (TPSA) is 99.9 Å². The summed E-state index contributed by atoms with van der Waals surface area (Å²) >= 11 is 0. The van der Waals surface area contributed by atoms with Gasteiger partial charge in [0.05, 0.1) is 17.9 Å². The summed E-state index contributed by atoms with van der Waals surface area (Å²) in [5.74, 6) is 0.647. The highest BCUT2D eigenvalue weighted by molar-refractivity contribution is 5.99. The Morgan fingerprint density at radius 1 is 1.14 bits per heavy atom. The van der Waals surface area contributed by atoms with Crippen LogP contribution in [-0.2, 0) is 11.3 Å². The Bertz CT molecular complexity index is 895. The predicted molar refractivity (Wildman–Crippen MR) is 108 cm³/mol. The van der Waals surface area contributed by atoms with Gasteiger partial charge in [-0.2, -0.15) is 0 Å². The van der Waals surface area contributed by atoms with Crippen LogP contribution in [0.1, 0.15) is 5.56 Å². The number of hydrogen-bond donors (Lipinski definition) is 3. The second-order valence-corrected chi connectivity index (χ2v) is 6.82. The second-order valence-electron chi connectivity index (χ2n) is 6.82. The number of nitrogens with two attached hydrogens (primary N) is 1. The van der Waals surface area contributed by atoms with E-state index in [1.807, 2.05) is 36.4 Å². The van der Waals surface area contributed by atoms with Gasteiger partial charge in [0.2, 0.25) is 0 Å². The van der Waals surface area contributed by atoms with Gasteiger partial charge in [0.25, 0.3) is 5.91 Å². The Kier molecular flexibility index (Phi) is 5.03. The first-order valence-corrected chi connectivity index (χ1v) is 9.29. The van der Waals surface area contributed by atoms with Crippen LogP contribution in [0.15, 0.2) is 42.5 Å². The van der Waals surface area contributed by atoms with Crippen molar-refractivity contribution in [3.05, 3.63) is 48.0 Å². The third-order valence-corrected chi connectivity index (χ3v) is 4.90. The normalized spacial score (nSPS) is 16.4. The number of benzene rings is 2. The fraction of sp³-hybridized carbons (Fsp3) is 0.300. The highest BCUT2D eigenvalue weighted by Gasteiger charge is 2.29. The summed E-state index contributed by atoms with van der Waals surface area (Å²) in [7, 11) is 0. The molecule has 8 heteroatoms. The van der Waals surface area contributed by atoms with Crippen LogP contribution in [-0.4, -0.2) is 44.7 Å². The molecule has 1 fully saturated rings. The van der Waals surface area contributed by atoms with Crippen LogP contribution in [0.2, 0.25) is 0 Å². The van der Waals surface area contributed by atoms with Crippen molar-refractivity contribution in [1.29, 1.82) is 0 Å². The Morgan fingerprint density at radius 2 is 1.89 bits per heavy atom. The molecule has 146 valence electrons. The highest BCUT2D eigenvalue weighted by atomic mass is 16.5. The standard InChI is InChI=1S/C20H23N5O3/c21-20(27)23-15-4-1-3-14(11-15)12-25-17-6-2-5-16(19(17)28-13-18(25)26)24-9-7-22-8-10-24/h1-6,11,22H,7-10,12-13H2,(H3,21,23,27). The number of nitrogens with one attached hydrogen (secondary N) is 2. The maximum Gasteiger partial charge on any atom is 0.316 e. The molecule has 0 aromatic heterocycles. The lowest BCUT2D eigenvalue weighted by Crippen LogP contribution is -2.44. The fourth-order valence-electron chi connectivity index (χ4n) is 3.62. The number of urea groups is 1. The number of nitrogens with zero attached hydrogens (tertiary/aromatic N) is 2. The van der Waals surface area contributed by atoms with E-state index in [2.05, 4.69) is 15.5 Å². The Morgan fingerprint density at radius 3 is 2.68 bits per heavy atom. The molecule has 0 bridgehead atoms. The van der Waals surface area contributed by atoms with Gasteiger partial charge in [-0.1, -0.05) is 18.2 Å². The van der Waals surface area contributed by atoms with Crippen molar-refractivity contribution in [2.24, 2.45) is 5.73 Å². The van der Waals surface area contributed by atoms with E-state index in [1.54, 1.807) is 11.0 Å². The average molecular weight is 381 g/mol. The molecule has 2 aliphatic heterocycles. The van der Waals surface area contributed by atoms with Crippen molar-refractivity contribution in [2.75, 3.05) is 47.9 Å². The molecule has 0 unspecified atom stereocenters. The molecule has 4 N–H and O–H groups in total. The SMILES string of the molecule is NC(=O)Nc1cccc(CN2C(=O)COc3c(N4CCNCC4)cccc32)c1. The zero-order chi connectivity index (χ0) is 19.5. The molecule has 2 aromatic carbocycles. The van der Waals surface area contributed by atoms with Crippen molar-refractivity contribution in [1.82, 2.24) is 5.32 Å². The number of carbonyl (C=O) groups excluding carboxylic acids is 2. The molecule has 2 aliphatic rings. The maximum atomic E-state index is 12.6. The Labute approximate surface area is 163 Å². The summed E-state index contributed by atoms with van der Waals surface area (Å²) < 4.78 is 5.84. The minimum Gasteiger partial charge on any atom is -0.479 e. The number of amides is 3. The molecule has 2 aromatic rings. The van der Waals surface area contributed by atoms with Crippen molar-refractivity contribution in [2.45, 2.75) is 6.54 Å². The quantitative estimate of drug-likeness (QED) is 0.746. The molecule has 0 aliphatic carbocycles. The average Bonchev–Trinajstić information content (AvgIpc) is 2.70. The van der Waals surface area contributed by atoms with Gasteiger partial charge in [0, 0.05) is 31.9 Å². The molecule has 4 rings (SSSR count). The maximum absolute atomic E-state index is 12.6. The molecular weight excluding hydrogens is 358 g/mol. The number of ether oxygens (including phenoxy) is 1. The highest BCUT2D eigenvalue weighted by Crippen LogP contribution is 2.41. The number of hydrogen-bond acceptors (Lipinski definition) is 5. The lowest BCUT2D eigenvalue weighted by Gasteiger charge is -2.35. The van der Waals surface area contributed by atoms with E-state index < -0.39 is 6.03 Å². The fourth-order valence-corrected chi connectivity index (χ4v) is 3.62. The minimum atomic E-state index is -0.620. The molecule has 0 radical (unpaired) electrons. The number of fused-ring (bicyclic) bond motifs is 1. The monoisotopic (exact) mass is 381 g/mol. The zero-order valence-corrected chi connectivity index (χ0v) is 15.5. The van der Waals surface area contributed by atoms with Crippen LogP contribution < -0.4 is 30.9 Å². The van der Waals surface area contributed by atoms with E-state index in [1.165, 1.54) is 0 Å². The van der Waals surface area contributed by atoms with Gasteiger partial charge < -0.3 is 30.9 Å². The summed E-state index contributed by atoms with van der Waals surface area (Å²) in [5, 5.41) is 5.91. The molecule has 28 heavy (non-hydrogen) atoms. The third-order valence-electron chi connectivity index (χ3n) is 4.90. The smallest absolute Gasteiger partial charge is 0.316 e. The van der Waals surface area contributed by atoms with Crippen LogP contribution in [0.4, 0.5) is 21.9 Å². The summed E-state index contributed by atoms with van der Waals surface area (Å²) in [6.07, 6.45) is 0. The van der Waals surface area contributed by atoms with Gasteiger partial charge in [-0.05, 0) is 29.8 Å². The molecule has 3 amide bonds. The number of rotatable bonds is 4. The van der Waals surface area contributed by atoms with Crippen molar-refractivity contribution in [3.63, 3.8) is 0 Å². The number of piperazine rings is 1. The van der Waals surface area contributed by atoms with E-state index in [9.17, 15) is 9.59 Å². The van der Waals surface area contributed by atoms with Crippen LogP contribution in [0.25, 0.3) is 0 Å². The first-order chi connectivity index (χ1) is 13.6. The molecule has 1 saturated heterocycles. The van der Waals surface area contributed by atoms with Crippen LogP contribution >= 0.6 is 0 Å². The van der Waals surface area contributed by atoms with Gasteiger partial charge >= 0.3 is 6.03 Å². The molecule has 0 spiro atoms. The van der Waals surface area contributed by atoms with Gasteiger partial charge in [0.15, 0.2) is 12.4 Å². The predicted octanol–water partition coefficient (Wildman–Crippen LogP) is 1.51. The van der Waals surface area contributed by atoms with Crippen molar-refractivity contribution >= 4 is 29.0 Å². The van der Waals surface area contributed by atoms with Crippen LogP contribution in [0.5, 0.6) is 5.75 Å². The molecule has 8 nitrogen and oxygen atoms in total. The third kappa shape index (κ3) is 3.72. The summed E-state index contributed by atoms with van der Waals surface area (Å²) in [4.78, 5) is 27.7. The molecule has 2 heterocycles. The molecule has 0 saturated carbocycles. The minimum absolute atomic E-state index is 0.00926. The van der Waals surface area contributed by atoms with E-state index >= 15 is 0 Å². The number of primary amides is 1. The first kappa shape index (κ1) is 18.1. The lowest BCUT2D eigenvalue weighted by molar-refractivity contribution is -0.121. The van der Waals surface area contributed by atoms with Crippen molar-refractivity contribution < 1.29 is 14.3 Å². The lowest BCUT2D eigenvalue weighted by atomic mass is 10.1. The number of anilines is 3. The molecular formula is C20H23N5O3. The summed E-state index contributed by atoms with van der Waals surface area (Å²) in [5.41, 5.74) is 8.46. The van der Waals surface area contributed by atoms with Gasteiger partial charge in [-0.15, -0.1) is 0 Å². The van der Waals surface area contributed by atoms with E-state index in [0.717, 1.165) is 48.9 Å². The van der Waals surface area contributed by atoms with Gasteiger partial charge in [-0.3, -0.25) is 4.79 Å². The second kappa shape index (κ2) is 7.77. The Hall–Kier alpha value is -3.26. The van der Waals surface area contributed by atoms with Gasteiger partial charge in [-0.25, -0.2) is 4.79 Å². The van der Waals surface area contributed by atoms with E-state index in [0.29, 0.717) is 12.2 Å². The summed E-state index contributed by atoms with van der Waals surface area (Å²) in [6.45, 7) is 4.03. The van der Waals surface area contributed by atoms with Crippen LogP contribution in [0.3, 0.4) is 0 Å². The van der Waals surface area contributed by atoms with E-state index in [4.69, 9.17) is 10.5 Å². The van der Waals surface area contributed by atoms with Crippen molar-refractivity contribution in [3.8, 4) is 5.75 Å². The zero-order valence-electron chi connectivity index (χ0n) is 15.5. The summed E-state index contributed by atoms with van der Waals surface area (Å²) in [6, 6.07) is 12.6. The molecule has 0 atom stereocenters. The van der Waals surface area contributed by atoms with E-state index in [-0.39, 0.29) is 12.5 Å². The first-order valence-electron chi connectivity index (χ1n) is 9.29. The number of carbonyl (C=O) groups is 2. The van der Waals surface area contributed by atoms with Crippen LogP contribution in [0, 0.1) is 0 Å².